The highest BCUT2D eigenvalue weighted by atomic mass is 16.5. The second kappa shape index (κ2) is 7.37. The van der Waals surface area contributed by atoms with Crippen LogP contribution in [0.5, 0.6) is 0 Å². The molecule has 0 unspecified atom stereocenters. The Bertz CT molecular complexity index is 715. The van der Waals surface area contributed by atoms with Crippen LogP contribution >= 0.6 is 0 Å². The Morgan fingerprint density at radius 3 is 2.72 bits per heavy atom. The van der Waals surface area contributed by atoms with Crippen molar-refractivity contribution in [1.29, 1.82) is 0 Å². The summed E-state index contributed by atoms with van der Waals surface area (Å²) in [7, 11) is 0. The van der Waals surface area contributed by atoms with Crippen molar-refractivity contribution in [1.82, 2.24) is 15.5 Å². The molecule has 3 rings (SSSR count). The Kier molecular flexibility index (Phi) is 5.20. The first kappa shape index (κ1) is 17.6. The van der Waals surface area contributed by atoms with Crippen molar-refractivity contribution in [3.8, 4) is 0 Å². The number of anilines is 1. The van der Waals surface area contributed by atoms with E-state index >= 15 is 0 Å². The van der Waals surface area contributed by atoms with Gasteiger partial charge in [0.1, 0.15) is 0 Å². The molecule has 1 aromatic carbocycles. The van der Waals surface area contributed by atoms with E-state index in [-0.39, 0.29) is 11.5 Å². The maximum Gasteiger partial charge on any atom is 0.276 e. The summed E-state index contributed by atoms with van der Waals surface area (Å²) >= 11 is 0. The molecule has 0 bridgehead atoms. The van der Waals surface area contributed by atoms with Gasteiger partial charge in [-0.3, -0.25) is 9.89 Å². The summed E-state index contributed by atoms with van der Waals surface area (Å²) in [4.78, 5) is 12.3. The van der Waals surface area contributed by atoms with E-state index in [4.69, 9.17) is 4.74 Å². The molecular formula is C19H26N4O2. The highest BCUT2D eigenvalue weighted by Gasteiger charge is 2.27. The highest BCUT2D eigenvalue weighted by Crippen LogP contribution is 2.21. The molecule has 3 N–H and O–H groups in total. The Morgan fingerprint density at radius 2 is 2.12 bits per heavy atom. The summed E-state index contributed by atoms with van der Waals surface area (Å²) in [5, 5.41) is 13.2. The predicted molar refractivity (Wildman–Crippen MR) is 98.0 cm³/mol. The SMILES string of the molecule is CC(C)c1cc(C(=O)Nc2ccc(C[C@]3(C)CNCCO3)cc2)n[nH]1. The zero-order chi connectivity index (χ0) is 17.9. The third-order valence-electron chi connectivity index (χ3n) is 4.47. The molecule has 2 aromatic rings. The van der Waals surface area contributed by atoms with Crippen LogP contribution in [0.15, 0.2) is 30.3 Å². The summed E-state index contributed by atoms with van der Waals surface area (Å²) < 4.78 is 5.90. The van der Waals surface area contributed by atoms with Crippen LogP contribution in [0.4, 0.5) is 5.69 Å². The minimum Gasteiger partial charge on any atom is -0.372 e. The maximum atomic E-state index is 12.3. The van der Waals surface area contributed by atoms with E-state index in [0.717, 1.165) is 37.5 Å². The van der Waals surface area contributed by atoms with Crippen molar-refractivity contribution in [2.45, 2.75) is 38.7 Å². The Balaban J connectivity index is 1.61. The maximum absolute atomic E-state index is 12.3. The van der Waals surface area contributed by atoms with Crippen LogP contribution in [0.25, 0.3) is 0 Å². The molecule has 0 spiro atoms. The zero-order valence-corrected chi connectivity index (χ0v) is 15.1. The van der Waals surface area contributed by atoms with Gasteiger partial charge in [-0.25, -0.2) is 0 Å². The largest absolute Gasteiger partial charge is 0.372 e. The fourth-order valence-corrected chi connectivity index (χ4v) is 2.97. The average molecular weight is 342 g/mol. The second-order valence-electron chi connectivity index (χ2n) is 7.17. The number of aromatic amines is 1. The number of rotatable bonds is 5. The molecule has 1 fully saturated rings. The molecule has 1 aromatic heterocycles. The molecule has 1 amide bonds. The minimum atomic E-state index is -0.206. The van der Waals surface area contributed by atoms with Crippen molar-refractivity contribution in [2.24, 2.45) is 0 Å². The third-order valence-corrected chi connectivity index (χ3v) is 4.47. The van der Waals surface area contributed by atoms with Gasteiger partial charge in [-0.1, -0.05) is 26.0 Å². The zero-order valence-electron chi connectivity index (χ0n) is 15.1. The normalized spacial score (nSPS) is 20.6. The molecular weight excluding hydrogens is 316 g/mol. The van der Waals surface area contributed by atoms with Crippen LogP contribution in [0.1, 0.15) is 48.4 Å². The van der Waals surface area contributed by atoms with Crippen LogP contribution in [-0.2, 0) is 11.2 Å². The number of carbonyl (C=O) groups is 1. The number of carbonyl (C=O) groups excluding carboxylic acids is 1. The molecule has 0 aliphatic carbocycles. The molecule has 1 aliphatic rings. The molecule has 1 aliphatic heterocycles. The predicted octanol–water partition coefficient (Wildman–Crippen LogP) is 2.71. The number of hydrogen-bond donors (Lipinski definition) is 3. The molecule has 134 valence electrons. The van der Waals surface area contributed by atoms with Crippen LogP contribution in [0.3, 0.4) is 0 Å². The lowest BCUT2D eigenvalue weighted by atomic mass is 9.95. The lowest BCUT2D eigenvalue weighted by molar-refractivity contribution is -0.0516. The summed E-state index contributed by atoms with van der Waals surface area (Å²) in [5.74, 6) is 0.105. The summed E-state index contributed by atoms with van der Waals surface area (Å²) in [5.41, 5.74) is 3.13. The van der Waals surface area contributed by atoms with E-state index in [1.807, 2.05) is 24.3 Å². The first-order valence-corrected chi connectivity index (χ1v) is 8.75. The third kappa shape index (κ3) is 4.46. The first-order valence-electron chi connectivity index (χ1n) is 8.75. The Morgan fingerprint density at radius 1 is 1.36 bits per heavy atom. The highest BCUT2D eigenvalue weighted by molar-refractivity contribution is 6.02. The molecule has 0 saturated carbocycles. The van der Waals surface area contributed by atoms with Crippen LogP contribution < -0.4 is 10.6 Å². The van der Waals surface area contributed by atoms with Crippen LogP contribution in [0.2, 0.25) is 0 Å². The van der Waals surface area contributed by atoms with E-state index < -0.39 is 0 Å². The van der Waals surface area contributed by atoms with Gasteiger partial charge in [0.05, 0.1) is 12.2 Å². The fraction of sp³-hybridized carbons (Fsp3) is 0.474. The quantitative estimate of drug-likeness (QED) is 0.781. The van der Waals surface area contributed by atoms with Crippen molar-refractivity contribution < 1.29 is 9.53 Å². The van der Waals surface area contributed by atoms with Gasteiger partial charge in [-0.15, -0.1) is 0 Å². The van der Waals surface area contributed by atoms with Crippen molar-refractivity contribution in [2.75, 3.05) is 25.0 Å². The Hall–Kier alpha value is -2.18. The number of ether oxygens (including phenoxy) is 1. The number of aromatic nitrogens is 2. The first-order chi connectivity index (χ1) is 12.0. The molecule has 2 heterocycles. The number of nitrogens with zero attached hydrogens (tertiary/aromatic N) is 1. The van der Waals surface area contributed by atoms with Crippen molar-refractivity contribution >= 4 is 11.6 Å². The number of morpholine rings is 1. The van der Waals surface area contributed by atoms with Gasteiger partial charge in [-0.05, 0) is 36.6 Å². The number of benzene rings is 1. The average Bonchev–Trinajstić information content (AvgIpc) is 3.07. The van der Waals surface area contributed by atoms with Crippen molar-refractivity contribution in [3.05, 3.63) is 47.3 Å². The Labute approximate surface area is 148 Å². The second-order valence-corrected chi connectivity index (χ2v) is 7.17. The molecule has 1 atom stereocenters. The van der Waals surface area contributed by atoms with E-state index in [9.17, 15) is 4.79 Å². The number of amides is 1. The van der Waals surface area contributed by atoms with Crippen molar-refractivity contribution in [3.63, 3.8) is 0 Å². The van der Waals surface area contributed by atoms with E-state index in [0.29, 0.717) is 11.6 Å². The van der Waals surface area contributed by atoms with Gasteiger partial charge in [-0.2, -0.15) is 5.10 Å². The number of H-pyrrole nitrogens is 1. The smallest absolute Gasteiger partial charge is 0.276 e. The fourth-order valence-electron chi connectivity index (χ4n) is 2.97. The summed E-state index contributed by atoms with van der Waals surface area (Å²) in [6.07, 6.45) is 0.839. The van der Waals surface area contributed by atoms with Gasteiger partial charge < -0.3 is 15.4 Å². The lowest BCUT2D eigenvalue weighted by Gasteiger charge is -2.34. The van der Waals surface area contributed by atoms with Crippen LogP contribution in [0, 0.1) is 0 Å². The van der Waals surface area contributed by atoms with Gasteiger partial charge >= 0.3 is 0 Å². The van der Waals surface area contributed by atoms with Crippen LogP contribution in [-0.4, -0.2) is 41.4 Å². The summed E-state index contributed by atoms with van der Waals surface area (Å²) in [6.45, 7) is 8.74. The number of hydrogen-bond acceptors (Lipinski definition) is 4. The molecule has 1 saturated heterocycles. The number of nitrogens with one attached hydrogen (secondary N) is 3. The molecule has 6 heteroatoms. The monoisotopic (exact) mass is 342 g/mol. The van der Waals surface area contributed by atoms with Gasteiger partial charge in [0, 0.05) is 30.9 Å². The van der Waals surface area contributed by atoms with Gasteiger partial charge in [0.15, 0.2) is 5.69 Å². The van der Waals surface area contributed by atoms with E-state index in [2.05, 4.69) is 41.6 Å². The molecule has 25 heavy (non-hydrogen) atoms. The topological polar surface area (TPSA) is 79.0 Å². The van der Waals surface area contributed by atoms with E-state index in [1.165, 1.54) is 5.56 Å². The molecule has 0 radical (unpaired) electrons. The van der Waals surface area contributed by atoms with Gasteiger partial charge in [0.25, 0.3) is 5.91 Å². The summed E-state index contributed by atoms with van der Waals surface area (Å²) in [6, 6.07) is 9.69. The lowest BCUT2D eigenvalue weighted by Crippen LogP contribution is -2.48. The van der Waals surface area contributed by atoms with E-state index in [1.54, 1.807) is 6.07 Å². The molecule has 6 nitrogen and oxygen atoms in total. The standard InChI is InChI=1S/C19H26N4O2/c1-13(2)16-10-17(23-22-16)18(24)21-15-6-4-14(5-7-15)11-19(3)12-20-8-9-25-19/h4-7,10,13,20H,8-9,11-12H2,1-3H3,(H,21,24)(H,22,23)/t19-/m1/s1. The minimum absolute atomic E-state index is 0.175. The van der Waals surface area contributed by atoms with Gasteiger partial charge in [0.2, 0.25) is 0 Å².